The molecule has 7 heteroatoms. The molecular formula is C19H17F3N4. The molecule has 2 heterocycles. The van der Waals surface area contributed by atoms with Gasteiger partial charge in [-0.1, -0.05) is 18.2 Å². The number of alkyl halides is 3. The van der Waals surface area contributed by atoms with E-state index in [-0.39, 0.29) is 12.5 Å². The molecule has 4 rings (SSSR count). The molecule has 0 N–H and O–H groups in total. The largest absolute Gasteiger partial charge is 0.406 e. The van der Waals surface area contributed by atoms with Crippen molar-refractivity contribution in [1.82, 2.24) is 10.0 Å². The Morgan fingerprint density at radius 3 is 2.65 bits per heavy atom. The molecule has 134 valence electrons. The van der Waals surface area contributed by atoms with Crippen molar-refractivity contribution in [2.75, 3.05) is 6.54 Å². The van der Waals surface area contributed by atoms with Gasteiger partial charge >= 0.3 is 6.18 Å². The third-order valence-electron chi connectivity index (χ3n) is 4.90. The van der Waals surface area contributed by atoms with Gasteiger partial charge in [-0.25, -0.2) is 4.99 Å². The van der Waals surface area contributed by atoms with Crippen LogP contribution in [0.1, 0.15) is 30.9 Å². The fourth-order valence-electron chi connectivity index (χ4n) is 3.64. The minimum atomic E-state index is -4.28. The Kier molecular flexibility index (Phi) is 3.88. The normalized spacial score (nSPS) is 21.5. The molecule has 0 spiro atoms. The van der Waals surface area contributed by atoms with E-state index >= 15 is 0 Å². The molecule has 1 aliphatic carbocycles. The Morgan fingerprint density at radius 1 is 1.27 bits per heavy atom. The van der Waals surface area contributed by atoms with Crippen LogP contribution in [0, 0.1) is 17.2 Å². The predicted molar refractivity (Wildman–Crippen MR) is 90.6 cm³/mol. The van der Waals surface area contributed by atoms with Gasteiger partial charge in [-0.15, -0.1) is 0 Å². The van der Waals surface area contributed by atoms with Gasteiger partial charge in [0.05, 0.1) is 17.3 Å². The molecule has 26 heavy (non-hydrogen) atoms. The Bertz CT molecular complexity index is 872. The quantitative estimate of drug-likeness (QED) is 0.821. The average Bonchev–Trinajstić information content (AvgIpc) is 3.33. The molecule has 0 bridgehead atoms. The van der Waals surface area contributed by atoms with Crippen LogP contribution in [0.25, 0.3) is 0 Å². The van der Waals surface area contributed by atoms with Gasteiger partial charge in [0.1, 0.15) is 11.9 Å². The van der Waals surface area contributed by atoms with Gasteiger partial charge in [-0.05, 0) is 43.9 Å². The number of hydrazine groups is 1. The van der Waals surface area contributed by atoms with Gasteiger partial charge in [0.25, 0.3) is 0 Å². The fourth-order valence-corrected chi connectivity index (χ4v) is 3.64. The lowest BCUT2D eigenvalue weighted by molar-refractivity contribution is -0.212. The molecule has 1 saturated carbocycles. The first kappa shape index (κ1) is 16.9. The first-order valence-electron chi connectivity index (χ1n) is 8.50. The van der Waals surface area contributed by atoms with Crippen molar-refractivity contribution >= 4 is 5.71 Å². The van der Waals surface area contributed by atoms with Crippen molar-refractivity contribution < 1.29 is 13.2 Å². The van der Waals surface area contributed by atoms with E-state index < -0.39 is 12.2 Å². The van der Waals surface area contributed by atoms with Crippen LogP contribution in [0.2, 0.25) is 0 Å². The van der Waals surface area contributed by atoms with E-state index in [1.807, 2.05) is 6.07 Å². The highest BCUT2D eigenvalue weighted by Gasteiger charge is 2.54. The second-order valence-corrected chi connectivity index (χ2v) is 6.76. The first-order valence-corrected chi connectivity index (χ1v) is 8.50. The average molecular weight is 358 g/mol. The molecule has 1 aromatic rings. The molecule has 1 fully saturated rings. The number of hydrogen-bond acceptors (Lipinski definition) is 4. The minimum absolute atomic E-state index is 0.178. The predicted octanol–water partition coefficient (Wildman–Crippen LogP) is 3.98. The number of hydrogen-bond donors (Lipinski definition) is 0. The van der Waals surface area contributed by atoms with E-state index in [0.717, 1.165) is 0 Å². The summed E-state index contributed by atoms with van der Waals surface area (Å²) in [5.74, 6) is 0.142. The summed E-state index contributed by atoms with van der Waals surface area (Å²) < 4.78 is 40.8. The third kappa shape index (κ3) is 2.80. The first-order chi connectivity index (χ1) is 12.4. The van der Waals surface area contributed by atoms with E-state index in [1.54, 1.807) is 42.3 Å². The molecule has 0 amide bonds. The van der Waals surface area contributed by atoms with Crippen LogP contribution in [-0.2, 0) is 0 Å². The van der Waals surface area contributed by atoms with Crippen molar-refractivity contribution in [2.24, 2.45) is 10.9 Å². The molecule has 2 aliphatic heterocycles. The highest BCUT2D eigenvalue weighted by molar-refractivity contribution is 6.11. The van der Waals surface area contributed by atoms with Crippen LogP contribution in [0.5, 0.6) is 0 Å². The summed E-state index contributed by atoms with van der Waals surface area (Å²) in [5.41, 5.74) is 2.44. The van der Waals surface area contributed by atoms with E-state index in [9.17, 15) is 18.4 Å². The summed E-state index contributed by atoms with van der Waals surface area (Å²) in [4.78, 5) is 4.53. The number of fused-ring (bicyclic) bond motifs is 1. The standard InChI is InChI=1S/C19H17F3N4/c1-12-10-16(15-5-3-2-4-14(15)11-23)24-17-8-9-25(26(12)17)18(13-6-7-13)19(20,21)22/h2-5,8,10,13,18H,6-7,9H2,1H3. The molecule has 1 aromatic carbocycles. The molecule has 0 radical (unpaired) electrons. The fraction of sp³-hybridized carbons (Fsp3) is 0.368. The molecule has 1 atom stereocenters. The van der Waals surface area contributed by atoms with E-state index in [1.165, 1.54) is 5.01 Å². The highest BCUT2D eigenvalue weighted by Crippen LogP contribution is 2.46. The summed E-state index contributed by atoms with van der Waals surface area (Å²) in [6.07, 6.45) is 0.397. The van der Waals surface area contributed by atoms with Gasteiger partial charge in [-0.3, -0.25) is 5.01 Å². The summed E-state index contributed by atoms with van der Waals surface area (Å²) in [7, 11) is 0. The summed E-state index contributed by atoms with van der Waals surface area (Å²) in [6, 6.07) is 7.74. The second-order valence-electron chi connectivity index (χ2n) is 6.76. The van der Waals surface area contributed by atoms with Gasteiger partial charge in [0.2, 0.25) is 0 Å². The molecular weight excluding hydrogens is 341 g/mol. The molecule has 0 aromatic heterocycles. The van der Waals surface area contributed by atoms with Gasteiger partial charge < -0.3 is 0 Å². The van der Waals surface area contributed by atoms with Crippen LogP contribution in [0.4, 0.5) is 13.2 Å². The van der Waals surface area contributed by atoms with Crippen molar-refractivity contribution in [3.63, 3.8) is 0 Å². The third-order valence-corrected chi connectivity index (χ3v) is 4.90. The lowest BCUT2D eigenvalue weighted by atomic mass is 10.0. The topological polar surface area (TPSA) is 42.6 Å². The van der Waals surface area contributed by atoms with Crippen molar-refractivity contribution in [2.45, 2.75) is 32.0 Å². The number of nitrogens with zero attached hydrogens (tertiary/aromatic N) is 4. The van der Waals surface area contributed by atoms with Crippen molar-refractivity contribution in [3.05, 3.63) is 59.1 Å². The zero-order chi connectivity index (χ0) is 18.5. The van der Waals surface area contributed by atoms with Crippen LogP contribution < -0.4 is 0 Å². The number of aliphatic imine (C=N–C) groups is 1. The van der Waals surface area contributed by atoms with Gasteiger partial charge in [0, 0.05) is 17.8 Å². The maximum absolute atomic E-state index is 13.6. The van der Waals surface area contributed by atoms with E-state index in [2.05, 4.69) is 11.1 Å². The molecule has 4 nitrogen and oxygen atoms in total. The lowest BCUT2D eigenvalue weighted by Gasteiger charge is -2.39. The van der Waals surface area contributed by atoms with E-state index in [0.29, 0.717) is 41.2 Å². The van der Waals surface area contributed by atoms with Gasteiger partial charge in [-0.2, -0.15) is 23.4 Å². The smallest absolute Gasteiger partial charge is 0.261 e. The van der Waals surface area contributed by atoms with Crippen LogP contribution in [0.15, 0.2) is 52.9 Å². The maximum Gasteiger partial charge on any atom is 0.406 e. The summed E-state index contributed by atoms with van der Waals surface area (Å²) in [6.45, 7) is 1.95. The summed E-state index contributed by atoms with van der Waals surface area (Å²) in [5, 5.41) is 12.2. The minimum Gasteiger partial charge on any atom is -0.261 e. The Morgan fingerprint density at radius 2 is 2.00 bits per heavy atom. The number of halogens is 3. The molecule has 0 saturated heterocycles. The number of nitriles is 1. The zero-order valence-corrected chi connectivity index (χ0v) is 14.2. The van der Waals surface area contributed by atoms with Crippen molar-refractivity contribution in [3.8, 4) is 6.07 Å². The Labute approximate surface area is 149 Å². The number of benzene rings is 1. The molecule has 3 aliphatic rings. The maximum atomic E-state index is 13.6. The monoisotopic (exact) mass is 358 g/mol. The van der Waals surface area contributed by atoms with Gasteiger partial charge in [0.15, 0.2) is 0 Å². The summed E-state index contributed by atoms with van der Waals surface area (Å²) >= 11 is 0. The van der Waals surface area contributed by atoms with Crippen LogP contribution in [-0.4, -0.2) is 34.5 Å². The number of rotatable bonds is 3. The van der Waals surface area contributed by atoms with E-state index in [4.69, 9.17) is 0 Å². The highest BCUT2D eigenvalue weighted by atomic mass is 19.4. The number of allylic oxidation sites excluding steroid dienone is 2. The second kappa shape index (κ2) is 5.99. The zero-order valence-electron chi connectivity index (χ0n) is 14.2. The molecule has 1 unspecified atom stereocenters. The van der Waals surface area contributed by atoms with Crippen LogP contribution in [0.3, 0.4) is 0 Å². The Hall–Kier alpha value is -2.59. The van der Waals surface area contributed by atoms with Crippen LogP contribution >= 0.6 is 0 Å². The lowest BCUT2D eigenvalue weighted by Crippen LogP contribution is -2.52. The Balaban J connectivity index is 1.68. The van der Waals surface area contributed by atoms with Crippen molar-refractivity contribution in [1.29, 1.82) is 5.26 Å². The SMILES string of the molecule is CC1=CC(c2ccccc2C#N)=NC2=CCN(C(C3CC3)C(F)(F)F)N12.